The van der Waals surface area contributed by atoms with Gasteiger partial charge in [0.25, 0.3) is 0 Å². The van der Waals surface area contributed by atoms with Gasteiger partial charge in [-0.2, -0.15) is 5.26 Å². The van der Waals surface area contributed by atoms with Gasteiger partial charge in [-0.05, 0) is 42.3 Å². The number of nitrogens with one attached hydrogen (secondary N) is 1. The predicted octanol–water partition coefficient (Wildman–Crippen LogP) is 5.41. The van der Waals surface area contributed by atoms with Gasteiger partial charge < -0.3 is 5.32 Å². The molecule has 0 atom stereocenters. The summed E-state index contributed by atoms with van der Waals surface area (Å²) in [6.45, 7) is 1.97. The number of aromatic nitrogens is 3. The summed E-state index contributed by atoms with van der Waals surface area (Å²) < 4.78 is 1.80. The van der Waals surface area contributed by atoms with E-state index in [1.54, 1.807) is 10.6 Å². The van der Waals surface area contributed by atoms with E-state index in [-0.39, 0.29) is 11.5 Å². The smallest absolute Gasteiger partial charge is 0.249 e. The molecule has 0 aliphatic rings. The summed E-state index contributed by atoms with van der Waals surface area (Å²) in [5, 5.41) is 12.9. The Balaban J connectivity index is 1.71. The number of carbonyl (C=O) groups is 1. The van der Waals surface area contributed by atoms with Crippen LogP contribution < -0.4 is 5.32 Å². The van der Waals surface area contributed by atoms with Crippen molar-refractivity contribution in [2.45, 2.75) is 6.92 Å². The number of anilines is 1. The van der Waals surface area contributed by atoms with Gasteiger partial charge in [0.15, 0.2) is 5.65 Å². The van der Waals surface area contributed by atoms with Crippen molar-refractivity contribution >= 4 is 40.0 Å². The lowest BCUT2D eigenvalue weighted by Gasteiger charge is -2.13. The third-order valence-corrected chi connectivity index (χ3v) is 5.40. The van der Waals surface area contributed by atoms with E-state index in [1.165, 1.54) is 6.08 Å². The molecule has 2 aromatic heterocycles. The number of fused-ring (bicyclic) bond motifs is 2. The van der Waals surface area contributed by atoms with Crippen molar-refractivity contribution < 1.29 is 4.79 Å². The number of aryl methyl sites for hydroxylation is 1. The zero-order valence-corrected chi connectivity index (χ0v) is 17.9. The average molecular weight is 429 g/mol. The van der Waals surface area contributed by atoms with Gasteiger partial charge in [-0.15, -0.1) is 0 Å². The fourth-order valence-corrected chi connectivity index (χ4v) is 3.81. The fourth-order valence-electron chi connectivity index (χ4n) is 3.81. The number of benzene rings is 3. The first-order valence-corrected chi connectivity index (χ1v) is 10.5. The number of amides is 1. The Labute approximate surface area is 190 Å². The number of nitrogens with zero attached hydrogens (tertiary/aromatic N) is 4. The highest BCUT2D eigenvalue weighted by Gasteiger charge is 2.23. The molecule has 6 nitrogen and oxygen atoms in total. The molecular formula is C27H19N5O. The summed E-state index contributed by atoms with van der Waals surface area (Å²) in [6.07, 6.45) is 3.18. The fraction of sp³-hybridized carbons (Fsp3) is 0.0370. The van der Waals surface area contributed by atoms with Crippen molar-refractivity contribution in [1.29, 1.82) is 5.26 Å². The standard InChI is InChI=1S/C27H19N5O/c1-18-9-5-8-14-23(18)32-26(31-24(33)16-15-19-10-3-2-4-11-19)20(17-28)25-27(32)30-22-13-7-6-12-21(22)29-25/h2-16H,1H3,(H,31,33)/b16-15-. The lowest BCUT2D eigenvalue weighted by atomic mass is 10.2. The van der Waals surface area contributed by atoms with Gasteiger partial charge in [0.1, 0.15) is 23.0 Å². The van der Waals surface area contributed by atoms with Gasteiger partial charge in [0.2, 0.25) is 5.91 Å². The molecule has 1 N–H and O–H groups in total. The number of carbonyl (C=O) groups excluding carboxylic acids is 1. The molecule has 0 bridgehead atoms. The highest BCUT2D eigenvalue weighted by molar-refractivity contribution is 6.05. The molecule has 0 aliphatic heterocycles. The van der Waals surface area contributed by atoms with Gasteiger partial charge in [-0.1, -0.05) is 60.7 Å². The van der Waals surface area contributed by atoms with Crippen molar-refractivity contribution in [3.8, 4) is 11.8 Å². The van der Waals surface area contributed by atoms with E-state index in [1.807, 2.05) is 85.8 Å². The second-order valence-electron chi connectivity index (χ2n) is 7.58. The first-order valence-electron chi connectivity index (χ1n) is 10.5. The molecule has 0 fully saturated rings. The summed E-state index contributed by atoms with van der Waals surface area (Å²) in [4.78, 5) is 22.4. The number of rotatable bonds is 4. The minimum absolute atomic E-state index is 0.271. The molecule has 5 rings (SSSR count). The summed E-state index contributed by atoms with van der Waals surface area (Å²) in [5.74, 6) is -0.00244. The second kappa shape index (κ2) is 8.40. The maximum Gasteiger partial charge on any atom is 0.249 e. The molecule has 33 heavy (non-hydrogen) atoms. The van der Waals surface area contributed by atoms with E-state index in [2.05, 4.69) is 11.4 Å². The van der Waals surface area contributed by atoms with Crippen LogP contribution in [0.4, 0.5) is 5.82 Å². The quantitative estimate of drug-likeness (QED) is 0.388. The van der Waals surface area contributed by atoms with Crippen LogP contribution in [-0.2, 0) is 4.79 Å². The Morgan fingerprint density at radius 2 is 1.61 bits per heavy atom. The number of hydrogen-bond donors (Lipinski definition) is 1. The lowest BCUT2D eigenvalue weighted by Crippen LogP contribution is -2.13. The van der Waals surface area contributed by atoms with Crippen LogP contribution in [0, 0.1) is 18.3 Å². The van der Waals surface area contributed by atoms with Crippen molar-refractivity contribution in [3.05, 3.63) is 102 Å². The first-order chi connectivity index (χ1) is 16.2. The SMILES string of the molecule is Cc1ccccc1-n1c(NC(=O)/C=C\c2ccccc2)c(C#N)c2nc3ccccc3nc21. The van der Waals surface area contributed by atoms with Crippen LogP contribution in [0.15, 0.2) is 84.9 Å². The average Bonchev–Trinajstić information content (AvgIpc) is 3.13. The van der Waals surface area contributed by atoms with Crippen LogP contribution in [0.25, 0.3) is 34.0 Å². The minimum atomic E-state index is -0.349. The van der Waals surface area contributed by atoms with Crippen LogP contribution in [0.5, 0.6) is 0 Å². The molecule has 0 aliphatic carbocycles. The van der Waals surface area contributed by atoms with E-state index in [4.69, 9.17) is 9.97 Å². The Morgan fingerprint density at radius 1 is 0.939 bits per heavy atom. The molecule has 6 heteroatoms. The van der Waals surface area contributed by atoms with E-state index in [0.29, 0.717) is 28.0 Å². The largest absolute Gasteiger partial charge is 0.307 e. The molecule has 5 aromatic rings. The summed E-state index contributed by atoms with van der Waals surface area (Å²) in [7, 11) is 0. The predicted molar refractivity (Wildman–Crippen MR) is 130 cm³/mol. The Morgan fingerprint density at radius 3 is 2.33 bits per heavy atom. The van der Waals surface area contributed by atoms with Gasteiger partial charge in [-0.3, -0.25) is 9.36 Å². The molecule has 2 heterocycles. The second-order valence-corrected chi connectivity index (χ2v) is 7.58. The topological polar surface area (TPSA) is 83.6 Å². The third-order valence-electron chi connectivity index (χ3n) is 5.40. The van der Waals surface area contributed by atoms with E-state index < -0.39 is 0 Å². The van der Waals surface area contributed by atoms with E-state index in [9.17, 15) is 10.1 Å². The molecule has 0 radical (unpaired) electrons. The number of para-hydroxylation sites is 3. The normalized spacial score (nSPS) is 11.2. The van der Waals surface area contributed by atoms with Crippen molar-refractivity contribution in [2.75, 3.05) is 5.32 Å². The van der Waals surface area contributed by atoms with Gasteiger partial charge in [0, 0.05) is 6.08 Å². The molecule has 158 valence electrons. The van der Waals surface area contributed by atoms with E-state index >= 15 is 0 Å². The monoisotopic (exact) mass is 429 g/mol. The Kier molecular flexibility index (Phi) is 5.13. The van der Waals surface area contributed by atoms with Crippen molar-refractivity contribution in [3.63, 3.8) is 0 Å². The van der Waals surface area contributed by atoms with Crippen LogP contribution in [-0.4, -0.2) is 20.4 Å². The van der Waals surface area contributed by atoms with Crippen LogP contribution in [0.1, 0.15) is 16.7 Å². The highest BCUT2D eigenvalue weighted by Crippen LogP contribution is 2.33. The molecule has 1 amide bonds. The molecular weight excluding hydrogens is 410 g/mol. The minimum Gasteiger partial charge on any atom is -0.307 e. The maximum absolute atomic E-state index is 12.9. The summed E-state index contributed by atoms with van der Waals surface area (Å²) in [5.41, 5.74) is 5.33. The number of hydrogen-bond acceptors (Lipinski definition) is 4. The van der Waals surface area contributed by atoms with E-state index in [0.717, 1.165) is 16.8 Å². The molecule has 0 saturated carbocycles. The molecule has 3 aromatic carbocycles. The lowest BCUT2D eigenvalue weighted by molar-refractivity contribution is -0.111. The highest BCUT2D eigenvalue weighted by atomic mass is 16.1. The summed E-state index contributed by atoms with van der Waals surface area (Å²) in [6, 6.07) is 27.1. The van der Waals surface area contributed by atoms with Crippen molar-refractivity contribution in [1.82, 2.24) is 14.5 Å². The van der Waals surface area contributed by atoms with Gasteiger partial charge in [0.05, 0.1) is 16.7 Å². The molecule has 0 unspecified atom stereocenters. The molecule has 0 saturated heterocycles. The van der Waals surface area contributed by atoms with Crippen molar-refractivity contribution in [2.24, 2.45) is 0 Å². The Bertz CT molecular complexity index is 1580. The van der Waals surface area contributed by atoms with Crippen LogP contribution in [0.3, 0.4) is 0 Å². The Hall–Kier alpha value is -4.76. The zero-order chi connectivity index (χ0) is 22.8. The van der Waals surface area contributed by atoms with Gasteiger partial charge in [-0.25, -0.2) is 9.97 Å². The van der Waals surface area contributed by atoms with Gasteiger partial charge >= 0.3 is 0 Å². The maximum atomic E-state index is 12.9. The summed E-state index contributed by atoms with van der Waals surface area (Å²) >= 11 is 0. The number of nitriles is 1. The van der Waals surface area contributed by atoms with Crippen LogP contribution >= 0.6 is 0 Å². The zero-order valence-electron chi connectivity index (χ0n) is 17.9. The van der Waals surface area contributed by atoms with Crippen LogP contribution in [0.2, 0.25) is 0 Å². The first kappa shape index (κ1) is 20.2. The molecule has 0 spiro atoms. The third kappa shape index (κ3) is 3.73.